The lowest BCUT2D eigenvalue weighted by Gasteiger charge is -1.96. The van der Waals surface area contributed by atoms with Crippen LogP contribution in [0.3, 0.4) is 0 Å². The van der Waals surface area contributed by atoms with Gasteiger partial charge in [0.2, 0.25) is 0 Å². The summed E-state index contributed by atoms with van der Waals surface area (Å²) in [7, 11) is 2.06. The first-order valence-corrected chi connectivity index (χ1v) is 5.60. The molecule has 2 aromatic rings. The smallest absolute Gasteiger partial charge is 0.0884 e. The Morgan fingerprint density at radius 1 is 1.23 bits per heavy atom. The standard InChI is InChI=1S/C10H9Br2N/c1-6-8-5-7(11)3-4-9(8)13(2)10(6)12/h3-5H,1-2H3. The Labute approximate surface area is 94.0 Å². The second kappa shape index (κ2) is 3.14. The molecule has 0 aliphatic carbocycles. The van der Waals surface area contributed by atoms with Crippen molar-refractivity contribution in [2.75, 3.05) is 0 Å². The summed E-state index contributed by atoms with van der Waals surface area (Å²) in [6, 6.07) is 6.33. The van der Waals surface area contributed by atoms with Crippen LogP contribution in [-0.2, 0) is 7.05 Å². The third-order valence-corrected chi connectivity index (χ3v) is 3.95. The fourth-order valence-corrected chi connectivity index (χ4v) is 2.34. The van der Waals surface area contributed by atoms with E-state index in [9.17, 15) is 0 Å². The summed E-state index contributed by atoms with van der Waals surface area (Å²) in [6.45, 7) is 2.12. The number of halogens is 2. The van der Waals surface area contributed by atoms with Gasteiger partial charge in [-0.3, -0.25) is 0 Å². The summed E-state index contributed by atoms with van der Waals surface area (Å²) >= 11 is 7.04. The van der Waals surface area contributed by atoms with Crippen molar-refractivity contribution >= 4 is 42.8 Å². The van der Waals surface area contributed by atoms with Crippen LogP contribution in [0.4, 0.5) is 0 Å². The average Bonchev–Trinajstić information content (AvgIpc) is 2.32. The van der Waals surface area contributed by atoms with Gasteiger partial charge in [0.15, 0.2) is 0 Å². The second-order valence-corrected chi connectivity index (χ2v) is 4.80. The fraction of sp³-hybridized carbons (Fsp3) is 0.200. The molecule has 0 atom stereocenters. The van der Waals surface area contributed by atoms with E-state index in [2.05, 4.69) is 68.6 Å². The highest BCUT2D eigenvalue weighted by molar-refractivity contribution is 9.10. The van der Waals surface area contributed by atoms with Gasteiger partial charge < -0.3 is 4.57 Å². The monoisotopic (exact) mass is 301 g/mol. The lowest BCUT2D eigenvalue weighted by molar-refractivity contribution is 0.934. The Kier molecular flexibility index (Phi) is 2.24. The second-order valence-electron chi connectivity index (χ2n) is 3.14. The highest BCUT2D eigenvalue weighted by atomic mass is 79.9. The van der Waals surface area contributed by atoms with Gasteiger partial charge in [-0.2, -0.15) is 0 Å². The van der Waals surface area contributed by atoms with Gasteiger partial charge >= 0.3 is 0 Å². The van der Waals surface area contributed by atoms with Crippen molar-refractivity contribution in [3.8, 4) is 0 Å². The van der Waals surface area contributed by atoms with E-state index < -0.39 is 0 Å². The van der Waals surface area contributed by atoms with Gasteiger partial charge in [0.1, 0.15) is 0 Å². The van der Waals surface area contributed by atoms with Crippen molar-refractivity contribution in [1.29, 1.82) is 0 Å². The van der Waals surface area contributed by atoms with Crippen molar-refractivity contribution in [3.63, 3.8) is 0 Å². The number of nitrogens with zero attached hydrogens (tertiary/aromatic N) is 1. The zero-order valence-electron chi connectivity index (χ0n) is 7.44. The summed E-state index contributed by atoms with van der Waals surface area (Å²) < 4.78 is 4.43. The fourth-order valence-electron chi connectivity index (χ4n) is 1.57. The van der Waals surface area contributed by atoms with Crippen LogP contribution < -0.4 is 0 Å². The van der Waals surface area contributed by atoms with Gasteiger partial charge in [-0.15, -0.1) is 0 Å². The van der Waals surface area contributed by atoms with Crippen LogP contribution in [0.1, 0.15) is 5.56 Å². The molecular weight excluding hydrogens is 294 g/mol. The molecule has 0 spiro atoms. The van der Waals surface area contributed by atoms with Crippen LogP contribution in [-0.4, -0.2) is 4.57 Å². The summed E-state index contributed by atoms with van der Waals surface area (Å²) in [4.78, 5) is 0. The Balaban J connectivity index is 2.95. The molecule has 1 aromatic heterocycles. The van der Waals surface area contributed by atoms with Gasteiger partial charge in [0.25, 0.3) is 0 Å². The Morgan fingerprint density at radius 3 is 2.62 bits per heavy atom. The number of aryl methyl sites for hydroxylation is 2. The van der Waals surface area contributed by atoms with Crippen LogP contribution >= 0.6 is 31.9 Å². The third kappa shape index (κ3) is 1.34. The molecule has 0 saturated carbocycles. The molecule has 1 nitrogen and oxygen atoms in total. The molecule has 0 bridgehead atoms. The van der Waals surface area contributed by atoms with E-state index in [1.54, 1.807) is 0 Å². The summed E-state index contributed by atoms with van der Waals surface area (Å²) in [6.07, 6.45) is 0. The molecule has 3 heteroatoms. The first-order chi connectivity index (χ1) is 6.11. The molecule has 0 saturated heterocycles. The van der Waals surface area contributed by atoms with Gasteiger partial charge in [-0.25, -0.2) is 0 Å². The largest absolute Gasteiger partial charge is 0.338 e. The average molecular weight is 303 g/mol. The predicted octanol–water partition coefficient (Wildman–Crippen LogP) is 4.01. The molecule has 0 aliphatic rings. The number of fused-ring (bicyclic) bond motifs is 1. The molecule has 0 radical (unpaired) electrons. The van der Waals surface area contributed by atoms with Crippen molar-refractivity contribution in [3.05, 3.63) is 32.8 Å². The minimum Gasteiger partial charge on any atom is -0.338 e. The van der Waals surface area contributed by atoms with Crippen LogP contribution in [0.5, 0.6) is 0 Å². The number of benzene rings is 1. The summed E-state index contributed by atoms with van der Waals surface area (Å²) in [5, 5.41) is 1.30. The molecule has 2 rings (SSSR count). The maximum Gasteiger partial charge on any atom is 0.0884 e. The third-order valence-electron chi connectivity index (χ3n) is 2.33. The van der Waals surface area contributed by atoms with Crippen LogP contribution in [0.25, 0.3) is 10.9 Å². The number of hydrogen-bond donors (Lipinski definition) is 0. The van der Waals surface area contributed by atoms with Gasteiger partial charge in [0, 0.05) is 22.4 Å². The molecule has 13 heavy (non-hydrogen) atoms. The Hall–Kier alpha value is -0.280. The number of aromatic nitrogens is 1. The first kappa shape index (κ1) is 9.28. The summed E-state index contributed by atoms with van der Waals surface area (Å²) in [5.41, 5.74) is 2.55. The molecule has 1 heterocycles. The van der Waals surface area contributed by atoms with E-state index in [-0.39, 0.29) is 0 Å². The first-order valence-electron chi connectivity index (χ1n) is 4.01. The van der Waals surface area contributed by atoms with E-state index in [0.29, 0.717) is 0 Å². The van der Waals surface area contributed by atoms with Crippen molar-refractivity contribution in [2.45, 2.75) is 6.92 Å². The van der Waals surface area contributed by atoms with E-state index in [4.69, 9.17) is 0 Å². The van der Waals surface area contributed by atoms with E-state index in [1.165, 1.54) is 16.5 Å². The van der Waals surface area contributed by atoms with Gasteiger partial charge in [-0.05, 0) is 46.6 Å². The molecule has 0 amide bonds. The minimum atomic E-state index is 1.13. The Bertz CT molecular complexity index is 471. The van der Waals surface area contributed by atoms with Gasteiger partial charge in [-0.1, -0.05) is 15.9 Å². The molecule has 0 N–H and O–H groups in total. The van der Waals surface area contributed by atoms with Crippen LogP contribution in [0, 0.1) is 6.92 Å². The van der Waals surface area contributed by atoms with Crippen LogP contribution in [0.2, 0.25) is 0 Å². The molecule has 0 aliphatic heterocycles. The molecule has 68 valence electrons. The topological polar surface area (TPSA) is 4.93 Å². The molecule has 1 aromatic carbocycles. The van der Waals surface area contributed by atoms with E-state index in [1.807, 2.05) is 0 Å². The lowest BCUT2D eigenvalue weighted by atomic mass is 10.2. The predicted molar refractivity (Wildman–Crippen MR) is 63.1 cm³/mol. The normalized spacial score (nSPS) is 11.1. The van der Waals surface area contributed by atoms with Crippen LogP contribution in [0.15, 0.2) is 27.3 Å². The molecule has 0 fully saturated rings. The quantitative estimate of drug-likeness (QED) is 0.693. The van der Waals surface area contributed by atoms with E-state index in [0.717, 1.165) is 9.08 Å². The van der Waals surface area contributed by atoms with Crippen molar-refractivity contribution < 1.29 is 0 Å². The SMILES string of the molecule is Cc1c(Br)n(C)c2ccc(Br)cc12. The Morgan fingerprint density at radius 2 is 1.92 bits per heavy atom. The summed E-state index contributed by atoms with van der Waals surface area (Å²) in [5.74, 6) is 0. The zero-order valence-corrected chi connectivity index (χ0v) is 10.6. The number of rotatable bonds is 0. The van der Waals surface area contributed by atoms with Gasteiger partial charge in [0.05, 0.1) is 4.60 Å². The maximum absolute atomic E-state index is 3.56. The highest BCUT2D eigenvalue weighted by Gasteiger charge is 2.08. The lowest BCUT2D eigenvalue weighted by Crippen LogP contribution is -1.85. The van der Waals surface area contributed by atoms with Crippen molar-refractivity contribution in [1.82, 2.24) is 4.57 Å². The maximum atomic E-state index is 3.56. The number of hydrogen-bond acceptors (Lipinski definition) is 0. The van der Waals surface area contributed by atoms with Crippen molar-refractivity contribution in [2.24, 2.45) is 7.05 Å². The highest BCUT2D eigenvalue weighted by Crippen LogP contribution is 2.30. The van der Waals surface area contributed by atoms with E-state index >= 15 is 0 Å². The zero-order chi connectivity index (χ0) is 9.59. The minimum absolute atomic E-state index is 1.13. The molecule has 0 unspecified atom stereocenters. The molecular formula is C10H9Br2N.